The van der Waals surface area contributed by atoms with Gasteiger partial charge in [-0.15, -0.1) is 13.2 Å². The molecule has 8 aromatic carbocycles. The second kappa shape index (κ2) is 38.0. The van der Waals surface area contributed by atoms with Crippen LogP contribution < -0.4 is 18.9 Å². The third kappa shape index (κ3) is 18.3. The maximum Gasteiger partial charge on any atom is 0.416 e. The lowest BCUT2D eigenvalue weighted by atomic mass is 9.75. The van der Waals surface area contributed by atoms with E-state index >= 15 is 13.2 Å². The molecule has 43 heteroatoms. The van der Waals surface area contributed by atoms with E-state index in [1.165, 1.54) is 12.2 Å². The minimum absolute atomic E-state index is 0.0184. The van der Waals surface area contributed by atoms with E-state index in [1.807, 2.05) is 0 Å². The number of hydrogen-bond acceptors (Lipinski definition) is 19. The van der Waals surface area contributed by atoms with Crippen LogP contribution in [0.2, 0.25) is 0 Å². The van der Waals surface area contributed by atoms with Crippen LogP contribution in [0.25, 0.3) is 0 Å². The lowest BCUT2D eigenvalue weighted by Crippen LogP contribution is -2.57. The fourth-order valence-corrected chi connectivity index (χ4v) is 26.9. The predicted octanol–water partition coefficient (Wildman–Crippen LogP) is 17.2. The molecule has 19 nitrogen and oxygen atoms in total. The summed E-state index contributed by atoms with van der Waals surface area (Å²) >= 11 is 0. The minimum Gasteiger partial charge on any atom is -0.490 e. The molecule has 7 heterocycles. The first-order chi connectivity index (χ1) is 60.6. The van der Waals surface area contributed by atoms with Gasteiger partial charge in [-0.05, 0) is 191 Å². The first-order valence-corrected chi connectivity index (χ1v) is 45.2. The van der Waals surface area contributed by atoms with Gasteiger partial charge in [0.1, 0.15) is 42.8 Å². The molecule has 7 aliphatic heterocycles. The molecule has 3 fully saturated rings. The smallest absolute Gasteiger partial charge is 0.416 e. The molecule has 700 valence electrons. The van der Waals surface area contributed by atoms with E-state index in [-0.39, 0.29) is 118 Å². The molecule has 0 saturated carbocycles. The number of ether oxygens (including phenoxy) is 8. The van der Waals surface area contributed by atoms with E-state index in [0.29, 0.717) is 48.5 Å². The summed E-state index contributed by atoms with van der Waals surface area (Å²) in [4.78, 5) is -1.85. The summed E-state index contributed by atoms with van der Waals surface area (Å²) in [5, 5.41) is 26.2. The van der Waals surface area contributed by atoms with Gasteiger partial charge in [0.2, 0.25) is 0 Å². The number of halogens is 20. The first kappa shape index (κ1) is 98.6. The van der Waals surface area contributed by atoms with Crippen LogP contribution in [0.1, 0.15) is 94.7 Å². The first-order valence-electron chi connectivity index (χ1n) is 39.3. The molecule has 15 rings (SSSR count). The van der Waals surface area contributed by atoms with Crippen molar-refractivity contribution in [3.05, 3.63) is 262 Å². The number of alkyl halides is 12. The Morgan fingerprint density at radius 2 is 0.674 bits per heavy atom. The average Bonchev–Trinajstić information content (AvgIpc) is 0.703. The quantitative estimate of drug-likeness (QED) is 0.0472. The largest absolute Gasteiger partial charge is 0.490 e. The molecule has 0 amide bonds. The Bertz CT molecular complexity index is 5730. The maximum atomic E-state index is 15.1. The third-order valence-electron chi connectivity index (χ3n) is 23.7. The van der Waals surface area contributed by atoms with E-state index < -0.39 is 265 Å². The van der Waals surface area contributed by atoms with Crippen molar-refractivity contribution in [3.63, 3.8) is 0 Å². The standard InChI is InChI=1S/C22H21F5O5S.C22H19F5O4S.2C21H19F5O5S/c1-2-3-18(31-11-10-28)15-12-32-20-17(24)9-8-16(23)19(20)21(15)33(29,30)14-6-4-13(5-7-14)22(25,26)27;1-2-3-18-15-12-31-20-17(24)9-8-16(23)19(20)21(15,10-11-30-18)32(28,29)14-6-4-13(5-7-14)22(25,26)27;2*22-15-5-6-16(23)19-18(15)20(8-10-30-17(7-9-27)14(20)11-31-19)32(28,29)13-3-1-12(2-4-13)21(24,25)26/h2,4-9,15,18,21,28H,1,3,10-12H2;2,4-9,15,18H,1,3,10-12H2;2*1-6,14,17,27H,7-11H2/t2*15-,18-,21-;2*14-,17-,20-/m0010/s1. The second-order valence-electron chi connectivity index (χ2n) is 30.6. The Kier molecular flexibility index (Phi) is 29.1. The van der Waals surface area contributed by atoms with E-state index in [9.17, 15) is 119 Å². The Morgan fingerprint density at radius 3 is 0.984 bits per heavy atom. The Balaban J connectivity index is 0.000000156. The van der Waals surface area contributed by atoms with Crippen LogP contribution in [0.4, 0.5) is 87.8 Å². The van der Waals surface area contributed by atoms with Crippen molar-refractivity contribution in [1.29, 1.82) is 0 Å². The summed E-state index contributed by atoms with van der Waals surface area (Å²) in [6.45, 7) is 4.29. The van der Waals surface area contributed by atoms with Crippen LogP contribution >= 0.6 is 0 Å². The van der Waals surface area contributed by atoms with Gasteiger partial charge >= 0.3 is 24.7 Å². The van der Waals surface area contributed by atoms with Crippen LogP contribution in [-0.4, -0.2) is 146 Å². The third-order valence-corrected chi connectivity index (χ3v) is 33.6. The van der Waals surface area contributed by atoms with E-state index in [4.69, 9.17) is 43.0 Å². The van der Waals surface area contributed by atoms with Crippen molar-refractivity contribution in [2.75, 3.05) is 72.7 Å². The van der Waals surface area contributed by atoms with Crippen LogP contribution in [0.3, 0.4) is 0 Å². The minimum atomic E-state index is -4.68. The normalized spacial score (nSPS) is 24.0. The maximum absolute atomic E-state index is 15.1. The number of fused-ring (bicyclic) bond motifs is 10. The topological polar surface area (TPSA) is 271 Å². The van der Waals surface area contributed by atoms with Crippen molar-refractivity contribution >= 4 is 39.3 Å². The van der Waals surface area contributed by atoms with Crippen LogP contribution in [0.15, 0.2) is 190 Å². The molecule has 0 radical (unpaired) electrons. The summed E-state index contributed by atoms with van der Waals surface area (Å²) in [5.41, 5.74) is -6.18. The zero-order valence-corrected chi connectivity index (χ0v) is 70.2. The van der Waals surface area contributed by atoms with Gasteiger partial charge < -0.3 is 53.2 Å². The zero-order chi connectivity index (χ0) is 94.3. The lowest BCUT2D eigenvalue weighted by Gasteiger charge is -2.50. The van der Waals surface area contributed by atoms with Crippen molar-refractivity contribution < 1.29 is 175 Å². The predicted molar refractivity (Wildman–Crippen MR) is 417 cm³/mol. The van der Waals surface area contributed by atoms with Gasteiger partial charge in [-0.25, -0.2) is 68.8 Å². The highest BCUT2D eigenvalue weighted by molar-refractivity contribution is 7.93. The second-order valence-corrected chi connectivity index (χ2v) is 39.3. The van der Waals surface area contributed by atoms with Crippen LogP contribution in [0, 0.1) is 70.2 Å². The van der Waals surface area contributed by atoms with Gasteiger partial charge in [-0.1, -0.05) is 12.2 Å². The molecule has 0 bridgehead atoms. The summed E-state index contributed by atoms with van der Waals surface area (Å²) in [6, 6.07) is 18.0. The van der Waals surface area contributed by atoms with Gasteiger partial charge in [-0.3, -0.25) is 0 Å². The molecule has 7 aliphatic rings. The van der Waals surface area contributed by atoms with Gasteiger partial charge in [0.15, 0.2) is 85.6 Å². The molecule has 0 aromatic heterocycles. The summed E-state index contributed by atoms with van der Waals surface area (Å²) in [7, 11) is -18.2. The fraction of sp³-hybridized carbons (Fsp3) is 0.395. The van der Waals surface area contributed by atoms with E-state index in [2.05, 4.69) is 13.2 Å². The highest BCUT2D eigenvalue weighted by Gasteiger charge is 2.65. The van der Waals surface area contributed by atoms with Gasteiger partial charge in [0, 0.05) is 56.7 Å². The molecule has 0 aliphatic carbocycles. The molecule has 129 heavy (non-hydrogen) atoms. The van der Waals surface area contributed by atoms with Crippen molar-refractivity contribution in [1.82, 2.24) is 0 Å². The highest BCUT2D eigenvalue weighted by atomic mass is 32.2. The number of aliphatic hydroxyl groups excluding tert-OH is 3. The Labute approximate surface area is 724 Å². The molecule has 12 atom stereocenters. The molecule has 8 aromatic rings. The Morgan fingerprint density at radius 1 is 0.380 bits per heavy atom. The van der Waals surface area contributed by atoms with Crippen molar-refractivity contribution in [3.8, 4) is 23.0 Å². The lowest BCUT2D eigenvalue weighted by molar-refractivity contribution is -0.138. The number of hydrogen-bond donors (Lipinski definition) is 3. The molecule has 3 N–H and O–H groups in total. The van der Waals surface area contributed by atoms with Crippen molar-refractivity contribution in [2.24, 2.45) is 23.7 Å². The molecule has 3 saturated heterocycles. The van der Waals surface area contributed by atoms with Crippen molar-refractivity contribution in [2.45, 2.75) is 133 Å². The number of aliphatic hydroxyl groups is 3. The van der Waals surface area contributed by atoms with Gasteiger partial charge in [-0.2, -0.15) is 52.7 Å². The molecule has 0 unspecified atom stereocenters. The Hall–Kier alpha value is -9.44. The molecule has 0 spiro atoms. The highest BCUT2D eigenvalue weighted by Crippen LogP contribution is 2.61. The fourth-order valence-electron chi connectivity index (χ4n) is 17.8. The van der Waals surface area contributed by atoms with Gasteiger partial charge in [0.05, 0.1) is 128 Å². The number of benzene rings is 8. The molecular weight excluding hydrogens is 1850 g/mol. The number of sulfone groups is 4. The SMILES string of the molecule is C=CC[C@@H]1OCC[C@@]2(S(=O)(=O)c3ccc(C(F)(F)F)cc3)c3c(F)ccc(F)c3OC[C@@H]12.C=CC[C@H](OCCO)[C@@H]1COc2c(F)ccc(F)c2[C@H]1S(=O)(=O)c1ccc(C(F)(F)F)cc1.O=S(=O)(c1ccc(C(F)(F)F)cc1)[C@@]12CCO[C@@H](CCO)[C@@H]1COc1c(F)ccc(F)c12.O=S(=O)(c1ccc(C(F)(F)F)cc1)[C@]12CCO[C@H](CCO)[C@H]1COc1c(F)ccc(F)c12. The summed E-state index contributed by atoms with van der Waals surface area (Å²) in [5.74, 6) is -14.1. The summed E-state index contributed by atoms with van der Waals surface area (Å²) < 4.78 is 423. The van der Waals surface area contributed by atoms with E-state index in [1.54, 1.807) is 0 Å². The van der Waals surface area contributed by atoms with E-state index in [0.717, 1.165) is 97.1 Å². The average molecular weight is 1920 g/mol. The van der Waals surface area contributed by atoms with Crippen LogP contribution in [-0.2, 0) is 97.2 Å². The monoisotopic (exact) mass is 1920 g/mol. The molecular formula is C86H78F20O19S4. The zero-order valence-electron chi connectivity index (χ0n) is 66.9. The number of rotatable bonds is 20. The van der Waals surface area contributed by atoms with Gasteiger partial charge in [0.25, 0.3) is 0 Å². The van der Waals surface area contributed by atoms with Crippen LogP contribution in [0.5, 0.6) is 23.0 Å². The summed E-state index contributed by atoms with van der Waals surface area (Å²) in [6.07, 6.45) is -19.5.